The van der Waals surface area contributed by atoms with E-state index in [1.54, 1.807) is 6.07 Å². The number of sulfonamides is 1. The van der Waals surface area contributed by atoms with Crippen LogP contribution in [0.4, 0.5) is 20.4 Å². The van der Waals surface area contributed by atoms with Gasteiger partial charge in [0.15, 0.2) is 11.6 Å². The Morgan fingerprint density at radius 1 is 0.926 bits per heavy atom. The summed E-state index contributed by atoms with van der Waals surface area (Å²) in [5, 5.41) is 2.47. The summed E-state index contributed by atoms with van der Waals surface area (Å²) < 4.78 is 52.9. The minimum Gasteiger partial charge on any atom is -0.322 e. The van der Waals surface area contributed by atoms with E-state index in [4.69, 9.17) is 0 Å². The molecule has 0 aliphatic carbocycles. The number of amides is 1. The van der Waals surface area contributed by atoms with Crippen molar-refractivity contribution in [2.75, 3.05) is 10.0 Å². The number of nitrogens with one attached hydrogen (secondary N) is 2. The molecule has 0 saturated heterocycles. The minimum atomic E-state index is -3.90. The topological polar surface area (TPSA) is 101 Å². The monoisotopic (exact) mass is 390 g/mol. The van der Waals surface area contributed by atoms with Crippen LogP contribution >= 0.6 is 0 Å². The summed E-state index contributed by atoms with van der Waals surface area (Å²) in [4.78, 5) is 19.5. The number of hydrogen-bond acceptors (Lipinski definition) is 5. The van der Waals surface area contributed by atoms with Gasteiger partial charge in [-0.1, -0.05) is 0 Å². The van der Waals surface area contributed by atoms with Crippen molar-refractivity contribution in [1.82, 2.24) is 9.97 Å². The molecule has 2 aromatic carbocycles. The number of halogens is 2. The summed E-state index contributed by atoms with van der Waals surface area (Å²) in [6, 6.07) is 9.55. The van der Waals surface area contributed by atoms with Crippen LogP contribution in [0.25, 0.3) is 0 Å². The number of nitrogens with zero attached hydrogens (tertiary/aromatic N) is 2. The number of carbonyl (C=O) groups is 1. The normalized spacial score (nSPS) is 11.0. The third-order valence-electron chi connectivity index (χ3n) is 3.40. The lowest BCUT2D eigenvalue weighted by Gasteiger charge is -2.08. The first kappa shape index (κ1) is 18.4. The Hall–Kier alpha value is -3.40. The number of benzene rings is 2. The van der Waals surface area contributed by atoms with Gasteiger partial charge in [0.25, 0.3) is 15.9 Å². The van der Waals surface area contributed by atoms with Crippen LogP contribution in [0.2, 0.25) is 0 Å². The first-order chi connectivity index (χ1) is 12.8. The number of anilines is 2. The molecule has 0 saturated carbocycles. The number of rotatable bonds is 5. The summed E-state index contributed by atoms with van der Waals surface area (Å²) in [5.74, 6) is -2.94. The van der Waals surface area contributed by atoms with Gasteiger partial charge in [0, 0.05) is 23.6 Å². The van der Waals surface area contributed by atoms with E-state index in [-0.39, 0.29) is 22.1 Å². The highest BCUT2D eigenvalue weighted by Crippen LogP contribution is 2.17. The van der Waals surface area contributed by atoms with Crippen molar-refractivity contribution in [1.29, 1.82) is 0 Å². The van der Waals surface area contributed by atoms with Crippen molar-refractivity contribution in [3.05, 3.63) is 78.1 Å². The van der Waals surface area contributed by atoms with Gasteiger partial charge in [0.1, 0.15) is 0 Å². The molecule has 3 aromatic rings. The van der Waals surface area contributed by atoms with Crippen LogP contribution in [0, 0.1) is 11.6 Å². The average Bonchev–Trinajstić information content (AvgIpc) is 2.65. The molecule has 0 aliphatic rings. The summed E-state index contributed by atoms with van der Waals surface area (Å²) in [6.45, 7) is 0. The molecule has 10 heteroatoms. The summed E-state index contributed by atoms with van der Waals surface area (Å²) >= 11 is 0. The number of carbonyl (C=O) groups excluding carboxylic acids is 1. The fraction of sp³-hybridized carbons (Fsp3) is 0. The fourth-order valence-corrected chi connectivity index (χ4v) is 3.05. The molecule has 3 rings (SSSR count). The van der Waals surface area contributed by atoms with Gasteiger partial charge >= 0.3 is 0 Å². The third kappa shape index (κ3) is 4.42. The predicted octanol–water partition coefficient (Wildman–Crippen LogP) is 2.81. The molecule has 0 aliphatic heterocycles. The van der Waals surface area contributed by atoms with E-state index in [0.717, 1.165) is 18.2 Å². The van der Waals surface area contributed by atoms with Crippen molar-refractivity contribution in [2.24, 2.45) is 0 Å². The Morgan fingerprint density at radius 3 is 2.22 bits per heavy atom. The van der Waals surface area contributed by atoms with E-state index in [9.17, 15) is 22.0 Å². The van der Waals surface area contributed by atoms with Crippen molar-refractivity contribution in [3.63, 3.8) is 0 Å². The van der Waals surface area contributed by atoms with Gasteiger partial charge < -0.3 is 5.32 Å². The first-order valence-corrected chi connectivity index (χ1v) is 9.00. The molecule has 0 unspecified atom stereocenters. The largest absolute Gasteiger partial charge is 0.322 e. The Labute approximate surface area is 153 Å². The Morgan fingerprint density at radius 2 is 1.59 bits per heavy atom. The summed E-state index contributed by atoms with van der Waals surface area (Å²) in [5.41, 5.74) is 0.202. The zero-order valence-corrected chi connectivity index (χ0v) is 14.4. The van der Waals surface area contributed by atoms with Gasteiger partial charge in [0.2, 0.25) is 5.95 Å². The second-order valence-electron chi connectivity index (χ2n) is 5.29. The first-order valence-electron chi connectivity index (χ1n) is 7.51. The van der Waals surface area contributed by atoms with Crippen LogP contribution in [0.5, 0.6) is 0 Å². The maximum absolute atomic E-state index is 13.2. The molecule has 1 aromatic heterocycles. The van der Waals surface area contributed by atoms with Crippen molar-refractivity contribution >= 4 is 27.6 Å². The number of aromatic nitrogens is 2. The molecule has 2 N–H and O–H groups in total. The van der Waals surface area contributed by atoms with Crippen LogP contribution in [0.3, 0.4) is 0 Å². The van der Waals surface area contributed by atoms with Crippen LogP contribution in [0.1, 0.15) is 10.4 Å². The highest BCUT2D eigenvalue weighted by molar-refractivity contribution is 7.92. The van der Waals surface area contributed by atoms with Gasteiger partial charge in [-0.2, -0.15) is 0 Å². The van der Waals surface area contributed by atoms with Crippen molar-refractivity contribution in [2.45, 2.75) is 4.90 Å². The maximum Gasteiger partial charge on any atom is 0.264 e. The summed E-state index contributed by atoms with van der Waals surface area (Å²) in [6.07, 6.45) is 2.78. The maximum atomic E-state index is 13.2. The molecule has 0 atom stereocenters. The highest BCUT2D eigenvalue weighted by atomic mass is 32.2. The average molecular weight is 390 g/mol. The quantitative estimate of drug-likeness (QED) is 0.698. The van der Waals surface area contributed by atoms with Crippen LogP contribution in [-0.2, 0) is 10.0 Å². The predicted molar refractivity (Wildman–Crippen MR) is 93.6 cm³/mol. The zero-order chi connectivity index (χ0) is 19.4. The molecule has 7 nitrogen and oxygen atoms in total. The molecule has 0 radical (unpaired) electrons. The number of hydrogen-bond donors (Lipinski definition) is 2. The fourth-order valence-electron chi connectivity index (χ4n) is 2.09. The molecule has 0 spiro atoms. The lowest BCUT2D eigenvalue weighted by Crippen LogP contribution is -2.15. The molecular formula is C17H12F2N4O3S. The Balaban J connectivity index is 1.73. The zero-order valence-electron chi connectivity index (χ0n) is 13.6. The van der Waals surface area contributed by atoms with Gasteiger partial charge in [-0.3, -0.25) is 4.79 Å². The third-order valence-corrected chi connectivity index (χ3v) is 4.74. The van der Waals surface area contributed by atoms with E-state index in [1.165, 1.54) is 36.7 Å². The Kier molecular flexibility index (Phi) is 5.08. The minimum absolute atomic E-state index is 0.0687. The van der Waals surface area contributed by atoms with E-state index in [2.05, 4.69) is 20.0 Å². The van der Waals surface area contributed by atoms with E-state index in [0.29, 0.717) is 0 Å². The van der Waals surface area contributed by atoms with E-state index in [1.807, 2.05) is 0 Å². The molecule has 27 heavy (non-hydrogen) atoms. The lowest BCUT2D eigenvalue weighted by atomic mass is 10.2. The standard InChI is InChI=1S/C17H12F2N4O3S/c18-14-7-2-11(10-15(14)19)16(24)22-12-3-5-13(6-4-12)27(25,26)23-17-20-8-1-9-21-17/h1-10H,(H,22,24)(H,20,21,23). The molecule has 1 amide bonds. The smallest absolute Gasteiger partial charge is 0.264 e. The van der Waals surface area contributed by atoms with Gasteiger partial charge in [-0.05, 0) is 48.5 Å². The summed E-state index contributed by atoms with van der Waals surface area (Å²) in [7, 11) is -3.90. The lowest BCUT2D eigenvalue weighted by molar-refractivity contribution is 0.102. The second-order valence-corrected chi connectivity index (χ2v) is 6.97. The van der Waals surface area contributed by atoms with E-state index >= 15 is 0 Å². The molecule has 0 fully saturated rings. The highest BCUT2D eigenvalue weighted by Gasteiger charge is 2.16. The van der Waals surface area contributed by atoms with Crippen molar-refractivity contribution in [3.8, 4) is 0 Å². The Bertz CT molecular complexity index is 1080. The molecular weight excluding hydrogens is 378 g/mol. The van der Waals surface area contributed by atoms with Gasteiger partial charge in [0.05, 0.1) is 4.90 Å². The second kappa shape index (κ2) is 7.46. The molecule has 0 bridgehead atoms. The SMILES string of the molecule is O=C(Nc1ccc(S(=O)(=O)Nc2ncccn2)cc1)c1ccc(F)c(F)c1. The van der Waals surface area contributed by atoms with Gasteiger partial charge in [-0.15, -0.1) is 0 Å². The van der Waals surface area contributed by atoms with Crippen molar-refractivity contribution < 1.29 is 22.0 Å². The van der Waals surface area contributed by atoms with Crippen LogP contribution in [0.15, 0.2) is 65.8 Å². The van der Waals surface area contributed by atoms with Crippen LogP contribution < -0.4 is 10.0 Å². The molecule has 138 valence electrons. The molecule has 1 heterocycles. The van der Waals surface area contributed by atoms with Gasteiger partial charge in [-0.25, -0.2) is 31.9 Å². The van der Waals surface area contributed by atoms with E-state index < -0.39 is 27.6 Å². The van der Waals surface area contributed by atoms with Crippen LogP contribution in [-0.4, -0.2) is 24.3 Å².